The van der Waals surface area contributed by atoms with Crippen LogP contribution in [0.1, 0.15) is 20.8 Å². The van der Waals surface area contributed by atoms with Gasteiger partial charge in [-0.1, -0.05) is 51.1 Å². The van der Waals surface area contributed by atoms with E-state index in [-0.39, 0.29) is 5.04 Å². The predicted octanol–water partition coefficient (Wildman–Crippen LogP) is 5.85. The molecule has 0 aliphatic rings. The molecule has 0 heterocycles. The highest BCUT2D eigenvalue weighted by atomic mass is 28.4. The monoisotopic (exact) mass is 336 g/mol. The molecule has 4 heteroatoms. The average Bonchev–Trinajstić information content (AvgIpc) is 2.37. The maximum Gasteiger partial charge on any atom is 0.248 e. The van der Waals surface area contributed by atoms with Crippen LogP contribution in [0.25, 0.3) is 0 Å². The van der Waals surface area contributed by atoms with Gasteiger partial charge < -0.3 is 8.85 Å². The van der Waals surface area contributed by atoms with Gasteiger partial charge in [-0.3, -0.25) is 0 Å². The van der Waals surface area contributed by atoms with E-state index in [9.17, 15) is 0 Å². The number of hydrogen-bond donors (Lipinski definition) is 0. The molecule has 0 aromatic heterocycles. The first kappa shape index (κ1) is 19.2. The average molecular weight is 337 g/mol. The van der Waals surface area contributed by atoms with Crippen LogP contribution in [-0.4, -0.2) is 23.2 Å². The normalized spacial score (nSPS) is 13.6. The third-order valence-corrected chi connectivity index (χ3v) is 10.8. The van der Waals surface area contributed by atoms with Crippen molar-refractivity contribution in [2.45, 2.75) is 58.0 Å². The third kappa shape index (κ3) is 6.50. The molecule has 0 N–H and O–H groups in total. The summed E-state index contributed by atoms with van der Waals surface area (Å²) in [6, 6.07) is 11.1. The Kier molecular flexibility index (Phi) is 6.65. The smallest absolute Gasteiger partial charge is 0.248 e. The zero-order valence-electron chi connectivity index (χ0n) is 15.3. The highest BCUT2D eigenvalue weighted by Gasteiger charge is 2.36. The van der Waals surface area contributed by atoms with Crippen molar-refractivity contribution in [3.63, 3.8) is 0 Å². The van der Waals surface area contributed by atoms with E-state index in [0.29, 0.717) is 6.61 Å². The molecule has 1 aromatic carbocycles. The fourth-order valence-corrected chi connectivity index (χ4v) is 4.30. The summed E-state index contributed by atoms with van der Waals surface area (Å²) in [5.74, 6) is 0.977. The maximum absolute atomic E-state index is 6.16. The van der Waals surface area contributed by atoms with Gasteiger partial charge in [0.2, 0.25) is 8.32 Å². The van der Waals surface area contributed by atoms with Crippen molar-refractivity contribution >= 4 is 16.6 Å². The lowest BCUT2D eigenvalue weighted by Crippen LogP contribution is -2.40. The molecule has 0 unspecified atom stereocenters. The van der Waals surface area contributed by atoms with Gasteiger partial charge in [-0.2, -0.15) is 0 Å². The van der Waals surface area contributed by atoms with Gasteiger partial charge in [-0.15, -0.1) is 0 Å². The van der Waals surface area contributed by atoms with Crippen LogP contribution in [0.2, 0.25) is 37.3 Å². The second-order valence-corrected chi connectivity index (χ2v) is 16.9. The molecule has 0 saturated carbocycles. The van der Waals surface area contributed by atoms with E-state index in [1.807, 2.05) is 30.3 Å². The number of benzene rings is 1. The summed E-state index contributed by atoms with van der Waals surface area (Å²) in [4.78, 5) is 0. The summed E-state index contributed by atoms with van der Waals surface area (Å²) in [6.45, 7) is 16.6. The van der Waals surface area contributed by atoms with Crippen molar-refractivity contribution in [3.05, 3.63) is 42.5 Å². The highest BCUT2D eigenvalue weighted by molar-refractivity contribution is 6.74. The van der Waals surface area contributed by atoms with E-state index in [2.05, 4.69) is 59.1 Å². The quantitative estimate of drug-likeness (QED) is 0.459. The maximum atomic E-state index is 6.16. The lowest BCUT2D eigenvalue weighted by molar-refractivity contribution is 0.328. The summed E-state index contributed by atoms with van der Waals surface area (Å²) >= 11 is 0. The molecular formula is C18H32O2Si2. The van der Waals surface area contributed by atoms with Gasteiger partial charge in [0, 0.05) is 0 Å². The van der Waals surface area contributed by atoms with Crippen molar-refractivity contribution in [1.82, 2.24) is 0 Å². The van der Waals surface area contributed by atoms with Crippen molar-refractivity contribution < 1.29 is 8.85 Å². The molecular weight excluding hydrogens is 304 g/mol. The Morgan fingerprint density at radius 1 is 0.955 bits per heavy atom. The highest BCUT2D eigenvalue weighted by Crippen LogP contribution is 2.36. The van der Waals surface area contributed by atoms with E-state index < -0.39 is 16.6 Å². The number of allylic oxidation sites excluding steroid dienone is 1. The van der Waals surface area contributed by atoms with Crippen LogP contribution in [-0.2, 0) is 4.43 Å². The lowest BCUT2D eigenvalue weighted by atomic mass is 10.2. The van der Waals surface area contributed by atoms with Crippen LogP contribution >= 0.6 is 0 Å². The first-order chi connectivity index (χ1) is 10.0. The summed E-state index contributed by atoms with van der Waals surface area (Å²) < 4.78 is 12.3. The Hall–Kier alpha value is -0.846. The van der Waals surface area contributed by atoms with E-state index in [1.165, 1.54) is 0 Å². The first-order valence-corrected chi connectivity index (χ1v) is 14.1. The van der Waals surface area contributed by atoms with Crippen LogP contribution in [0.3, 0.4) is 0 Å². The molecule has 2 nitrogen and oxygen atoms in total. The molecule has 1 aromatic rings. The minimum atomic E-state index is -1.71. The molecule has 22 heavy (non-hydrogen) atoms. The van der Waals surface area contributed by atoms with Crippen LogP contribution in [0.15, 0.2) is 42.5 Å². The Bertz CT molecular complexity index is 474. The van der Waals surface area contributed by atoms with Crippen LogP contribution in [0, 0.1) is 0 Å². The van der Waals surface area contributed by atoms with E-state index in [0.717, 1.165) is 11.8 Å². The Morgan fingerprint density at radius 3 is 2.09 bits per heavy atom. The summed E-state index contributed by atoms with van der Waals surface area (Å²) in [5, 5.41) is 0.269. The van der Waals surface area contributed by atoms with Crippen molar-refractivity contribution in [2.75, 3.05) is 6.61 Å². The first-order valence-electron chi connectivity index (χ1n) is 8.07. The molecule has 0 amide bonds. The zero-order chi connectivity index (χ0) is 16.9. The second kappa shape index (κ2) is 7.62. The molecule has 0 aliphatic heterocycles. The standard InChI is InChI=1S/C18H32O2Si2/c1-18(2,3)22(6,7)19-15-11-12-16-21(4,5)20-17-13-9-8-10-14-17/h8-14H,15-16H2,1-7H3/b12-11+. The van der Waals surface area contributed by atoms with Gasteiger partial charge in [0.15, 0.2) is 8.32 Å². The van der Waals surface area contributed by atoms with Gasteiger partial charge in [-0.05, 0) is 49.4 Å². The molecule has 0 saturated heterocycles. The largest absolute Gasteiger partial charge is 0.544 e. The molecule has 1 rings (SSSR count). The van der Waals surface area contributed by atoms with Gasteiger partial charge in [0.05, 0.1) is 6.61 Å². The minimum absolute atomic E-state index is 0.269. The molecule has 0 fully saturated rings. The Morgan fingerprint density at radius 2 is 1.55 bits per heavy atom. The van der Waals surface area contributed by atoms with Gasteiger partial charge >= 0.3 is 0 Å². The number of rotatable bonds is 7. The fraction of sp³-hybridized carbons (Fsp3) is 0.556. The van der Waals surface area contributed by atoms with E-state index in [1.54, 1.807) is 0 Å². The molecule has 0 bridgehead atoms. The lowest BCUT2D eigenvalue weighted by Gasteiger charge is -2.35. The van der Waals surface area contributed by atoms with Crippen molar-refractivity contribution in [2.24, 2.45) is 0 Å². The van der Waals surface area contributed by atoms with Gasteiger partial charge in [0.1, 0.15) is 5.75 Å². The van der Waals surface area contributed by atoms with Crippen molar-refractivity contribution in [1.29, 1.82) is 0 Å². The number of para-hydroxylation sites is 1. The summed E-state index contributed by atoms with van der Waals surface area (Å²) in [6.07, 6.45) is 4.38. The molecule has 124 valence electrons. The molecule has 0 spiro atoms. The summed E-state index contributed by atoms with van der Waals surface area (Å²) in [7, 11) is -3.34. The predicted molar refractivity (Wildman–Crippen MR) is 102 cm³/mol. The summed E-state index contributed by atoms with van der Waals surface area (Å²) in [5.41, 5.74) is 0. The molecule has 0 atom stereocenters. The molecule has 0 radical (unpaired) electrons. The van der Waals surface area contributed by atoms with Crippen molar-refractivity contribution in [3.8, 4) is 5.75 Å². The SMILES string of the molecule is CC(C)(C)[Si](C)(C)OC/C=C/C[Si](C)(C)Oc1ccccc1. The van der Waals surface area contributed by atoms with E-state index >= 15 is 0 Å². The minimum Gasteiger partial charge on any atom is -0.544 e. The number of hydrogen-bond acceptors (Lipinski definition) is 2. The topological polar surface area (TPSA) is 18.5 Å². The van der Waals surface area contributed by atoms with Gasteiger partial charge in [-0.25, -0.2) is 0 Å². The fourth-order valence-electron chi connectivity index (χ4n) is 1.76. The Labute approximate surface area is 138 Å². The van der Waals surface area contributed by atoms with E-state index in [4.69, 9.17) is 8.85 Å². The van der Waals surface area contributed by atoms with Crippen LogP contribution in [0.4, 0.5) is 0 Å². The molecule has 0 aliphatic carbocycles. The van der Waals surface area contributed by atoms with Crippen LogP contribution in [0.5, 0.6) is 5.75 Å². The second-order valence-electron chi connectivity index (χ2n) is 7.92. The zero-order valence-corrected chi connectivity index (χ0v) is 17.3. The van der Waals surface area contributed by atoms with Crippen LogP contribution < -0.4 is 4.43 Å². The Balaban J connectivity index is 2.42. The van der Waals surface area contributed by atoms with Gasteiger partial charge in [0.25, 0.3) is 0 Å². The third-order valence-electron chi connectivity index (χ3n) is 4.26.